The first-order chi connectivity index (χ1) is 8.42. The number of fused-ring (bicyclic) bond motifs is 4. The molecular formula is C13H7N3S. The summed E-state index contributed by atoms with van der Waals surface area (Å²) in [4.78, 5) is 12.8. The van der Waals surface area contributed by atoms with E-state index >= 15 is 0 Å². The van der Waals surface area contributed by atoms with Gasteiger partial charge in [-0.05, 0) is 24.3 Å². The largest absolute Gasteiger partial charge is 0.255 e. The van der Waals surface area contributed by atoms with E-state index in [1.54, 1.807) is 17.7 Å². The minimum absolute atomic E-state index is 0.985. The fourth-order valence-electron chi connectivity index (χ4n) is 2.07. The Morgan fingerprint density at radius 3 is 3.06 bits per heavy atom. The lowest BCUT2D eigenvalue weighted by Crippen LogP contribution is -1.80. The Labute approximate surface area is 101 Å². The van der Waals surface area contributed by atoms with Gasteiger partial charge in [0.1, 0.15) is 6.33 Å². The average molecular weight is 237 g/mol. The highest BCUT2D eigenvalue weighted by atomic mass is 32.1. The zero-order valence-electron chi connectivity index (χ0n) is 8.79. The minimum Gasteiger partial charge on any atom is -0.255 e. The van der Waals surface area contributed by atoms with E-state index in [1.165, 1.54) is 14.8 Å². The van der Waals surface area contributed by atoms with Crippen molar-refractivity contribution < 1.29 is 0 Å². The molecule has 0 saturated carbocycles. The van der Waals surface area contributed by atoms with E-state index in [2.05, 4.69) is 33.2 Å². The monoisotopic (exact) mass is 237 g/mol. The van der Waals surface area contributed by atoms with Crippen LogP contribution in [0.15, 0.2) is 43.0 Å². The molecule has 1 aromatic carbocycles. The summed E-state index contributed by atoms with van der Waals surface area (Å²) in [6.07, 6.45) is 5.26. The number of thiophene rings is 1. The molecule has 0 N–H and O–H groups in total. The molecule has 4 heteroatoms. The molecule has 0 aliphatic rings. The van der Waals surface area contributed by atoms with Gasteiger partial charge in [0.05, 0.1) is 15.7 Å². The van der Waals surface area contributed by atoms with E-state index in [0.717, 1.165) is 16.4 Å². The zero-order chi connectivity index (χ0) is 11.2. The minimum atomic E-state index is 0.985. The van der Waals surface area contributed by atoms with Crippen molar-refractivity contribution in [3.63, 3.8) is 0 Å². The van der Waals surface area contributed by atoms with Crippen LogP contribution in [0.5, 0.6) is 0 Å². The molecule has 0 bridgehead atoms. The maximum atomic E-state index is 4.45. The molecule has 3 heterocycles. The molecule has 0 saturated heterocycles. The second kappa shape index (κ2) is 3.21. The van der Waals surface area contributed by atoms with Crippen molar-refractivity contribution in [3.8, 4) is 0 Å². The van der Waals surface area contributed by atoms with Crippen LogP contribution in [0, 0.1) is 0 Å². The van der Waals surface area contributed by atoms with Gasteiger partial charge in [-0.2, -0.15) is 0 Å². The first kappa shape index (κ1) is 9.01. The number of hydrogen-bond donors (Lipinski definition) is 0. The number of nitrogens with zero attached hydrogens (tertiary/aromatic N) is 3. The molecule has 0 aliphatic carbocycles. The van der Waals surface area contributed by atoms with E-state index in [4.69, 9.17) is 0 Å². The first-order valence-electron chi connectivity index (χ1n) is 5.29. The Balaban J connectivity index is 2.28. The summed E-state index contributed by atoms with van der Waals surface area (Å²) in [5.74, 6) is 0. The van der Waals surface area contributed by atoms with Gasteiger partial charge in [0, 0.05) is 27.9 Å². The Morgan fingerprint density at radius 2 is 2.06 bits per heavy atom. The summed E-state index contributed by atoms with van der Waals surface area (Å²) >= 11 is 1.75. The van der Waals surface area contributed by atoms with Crippen molar-refractivity contribution in [1.82, 2.24) is 15.0 Å². The lowest BCUT2D eigenvalue weighted by molar-refractivity contribution is 1.22. The molecule has 0 fully saturated rings. The molecule has 4 aromatic rings. The number of rotatable bonds is 0. The smallest absolute Gasteiger partial charge is 0.116 e. The second-order valence-electron chi connectivity index (χ2n) is 3.88. The van der Waals surface area contributed by atoms with Crippen molar-refractivity contribution in [2.45, 2.75) is 0 Å². The average Bonchev–Trinajstić information content (AvgIpc) is 2.73. The molecule has 0 unspecified atom stereocenters. The summed E-state index contributed by atoms with van der Waals surface area (Å²) in [6.45, 7) is 0. The van der Waals surface area contributed by atoms with Crippen LogP contribution >= 0.6 is 11.3 Å². The topological polar surface area (TPSA) is 38.7 Å². The summed E-state index contributed by atoms with van der Waals surface area (Å²) in [5.41, 5.74) is 2.05. The predicted molar refractivity (Wildman–Crippen MR) is 70.2 cm³/mol. The number of benzene rings is 1. The molecular weight excluding hydrogens is 230 g/mol. The molecule has 17 heavy (non-hydrogen) atoms. The molecule has 0 atom stereocenters. The quantitative estimate of drug-likeness (QED) is 0.470. The number of aromatic nitrogens is 3. The van der Waals surface area contributed by atoms with Gasteiger partial charge in [0.2, 0.25) is 0 Å². The molecule has 0 radical (unpaired) electrons. The Bertz CT molecular complexity index is 845. The highest BCUT2D eigenvalue weighted by Gasteiger charge is 2.07. The Hall–Kier alpha value is -2.07. The molecule has 4 rings (SSSR count). The predicted octanol–water partition coefficient (Wildman–Crippen LogP) is 3.39. The number of pyridine rings is 1. The van der Waals surface area contributed by atoms with Gasteiger partial charge in [-0.25, -0.2) is 9.97 Å². The molecule has 80 valence electrons. The lowest BCUT2D eigenvalue weighted by atomic mass is 10.2. The fourth-order valence-corrected chi connectivity index (χ4v) is 3.15. The van der Waals surface area contributed by atoms with E-state index in [9.17, 15) is 0 Å². The normalized spacial score (nSPS) is 11.5. The summed E-state index contributed by atoms with van der Waals surface area (Å²) in [7, 11) is 0. The molecule has 3 aromatic heterocycles. The van der Waals surface area contributed by atoms with E-state index < -0.39 is 0 Å². The highest BCUT2D eigenvalue weighted by molar-refractivity contribution is 7.25. The van der Waals surface area contributed by atoms with Crippen LogP contribution in [0.25, 0.3) is 31.2 Å². The molecule has 0 aliphatic heterocycles. The van der Waals surface area contributed by atoms with Crippen molar-refractivity contribution in [3.05, 3.63) is 43.0 Å². The van der Waals surface area contributed by atoms with Gasteiger partial charge in [-0.1, -0.05) is 0 Å². The third-order valence-electron chi connectivity index (χ3n) is 2.85. The summed E-state index contributed by atoms with van der Waals surface area (Å²) in [6, 6.07) is 8.30. The molecule has 3 nitrogen and oxygen atoms in total. The van der Waals surface area contributed by atoms with Crippen LogP contribution in [0.1, 0.15) is 0 Å². The van der Waals surface area contributed by atoms with Crippen LogP contribution in [-0.4, -0.2) is 15.0 Å². The highest BCUT2D eigenvalue weighted by Crippen LogP contribution is 2.34. The standard InChI is InChI=1S/C13H7N3S/c1-2-11-13(15-3-1)9-4-8-6-14-7-16-10(8)5-12(9)17-11/h1-7H. The van der Waals surface area contributed by atoms with Gasteiger partial charge in [0.25, 0.3) is 0 Å². The van der Waals surface area contributed by atoms with Gasteiger partial charge in [-0.15, -0.1) is 11.3 Å². The van der Waals surface area contributed by atoms with E-state index in [-0.39, 0.29) is 0 Å². The fraction of sp³-hybridized carbons (Fsp3) is 0. The van der Waals surface area contributed by atoms with Gasteiger partial charge in [0.15, 0.2) is 0 Å². The van der Waals surface area contributed by atoms with E-state index in [0.29, 0.717) is 0 Å². The SMILES string of the molecule is c1cnc2c(c1)sc1cc3ncncc3cc12. The number of hydrogen-bond acceptors (Lipinski definition) is 4. The van der Waals surface area contributed by atoms with Crippen LogP contribution in [0.4, 0.5) is 0 Å². The lowest BCUT2D eigenvalue weighted by Gasteiger charge is -1.95. The summed E-state index contributed by atoms with van der Waals surface area (Å²) < 4.78 is 2.44. The van der Waals surface area contributed by atoms with Crippen LogP contribution in [-0.2, 0) is 0 Å². The Kier molecular flexibility index (Phi) is 1.70. The van der Waals surface area contributed by atoms with Gasteiger partial charge in [-0.3, -0.25) is 4.98 Å². The zero-order valence-corrected chi connectivity index (χ0v) is 9.61. The van der Waals surface area contributed by atoms with Crippen LogP contribution in [0.3, 0.4) is 0 Å². The second-order valence-corrected chi connectivity index (χ2v) is 4.97. The molecule has 0 spiro atoms. The van der Waals surface area contributed by atoms with Crippen molar-refractivity contribution >= 4 is 42.5 Å². The van der Waals surface area contributed by atoms with E-state index in [1.807, 2.05) is 18.5 Å². The van der Waals surface area contributed by atoms with Crippen LogP contribution in [0.2, 0.25) is 0 Å². The Morgan fingerprint density at radius 1 is 1.06 bits per heavy atom. The van der Waals surface area contributed by atoms with Gasteiger partial charge >= 0.3 is 0 Å². The maximum absolute atomic E-state index is 4.45. The third-order valence-corrected chi connectivity index (χ3v) is 3.96. The van der Waals surface area contributed by atoms with Crippen LogP contribution < -0.4 is 0 Å². The van der Waals surface area contributed by atoms with Crippen molar-refractivity contribution in [2.24, 2.45) is 0 Å². The molecule has 0 amide bonds. The first-order valence-corrected chi connectivity index (χ1v) is 6.10. The van der Waals surface area contributed by atoms with Crippen molar-refractivity contribution in [1.29, 1.82) is 0 Å². The van der Waals surface area contributed by atoms with Gasteiger partial charge < -0.3 is 0 Å². The maximum Gasteiger partial charge on any atom is 0.116 e. The third kappa shape index (κ3) is 1.24. The van der Waals surface area contributed by atoms with Crippen molar-refractivity contribution in [2.75, 3.05) is 0 Å². The summed E-state index contributed by atoms with van der Waals surface area (Å²) in [5, 5.41) is 2.25.